The van der Waals surface area contributed by atoms with Gasteiger partial charge in [0.15, 0.2) is 0 Å². The molecule has 2 aromatic carbocycles. The van der Waals surface area contributed by atoms with Crippen LogP contribution in [0.3, 0.4) is 0 Å². The molecule has 0 atom stereocenters. The average molecular weight is 353 g/mol. The van der Waals surface area contributed by atoms with E-state index >= 15 is 0 Å². The van der Waals surface area contributed by atoms with E-state index in [2.05, 4.69) is 10.6 Å². The zero-order valence-electron chi connectivity index (χ0n) is 12.6. The first-order chi connectivity index (χ1) is 11.5. The zero-order valence-corrected chi connectivity index (χ0v) is 13.4. The van der Waals surface area contributed by atoms with Gasteiger partial charge < -0.3 is 10.6 Å². The SMILES string of the molecule is O=C(CC(=O)Nc1c(F)cccc1F)NCCc1ccc(Cl)cc1. The van der Waals surface area contributed by atoms with Gasteiger partial charge in [-0.25, -0.2) is 8.78 Å². The fourth-order valence-corrected chi connectivity index (χ4v) is 2.13. The van der Waals surface area contributed by atoms with Crippen LogP contribution in [0.5, 0.6) is 0 Å². The van der Waals surface area contributed by atoms with Crippen molar-refractivity contribution in [3.8, 4) is 0 Å². The van der Waals surface area contributed by atoms with Crippen LogP contribution in [0.15, 0.2) is 42.5 Å². The van der Waals surface area contributed by atoms with Gasteiger partial charge in [-0.3, -0.25) is 9.59 Å². The molecule has 7 heteroatoms. The molecule has 0 bridgehead atoms. The van der Waals surface area contributed by atoms with Gasteiger partial charge in [-0.15, -0.1) is 0 Å². The molecule has 126 valence electrons. The van der Waals surface area contributed by atoms with Gasteiger partial charge in [-0.1, -0.05) is 29.8 Å². The Bertz CT molecular complexity index is 716. The minimum Gasteiger partial charge on any atom is -0.355 e. The summed E-state index contributed by atoms with van der Waals surface area (Å²) in [5.74, 6) is -3.11. The molecule has 2 rings (SSSR count). The molecule has 0 spiro atoms. The van der Waals surface area contributed by atoms with Gasteiger partial charge >= 0.3 is 0 Å². The maximum Gasteiger partial charge on any atom is 0.233 e. The smallest absolute Gasteiger partial charge is 0.233 e. The van der Waals surface area contributed by atoms with E-state index in [4.69, 9.17) is 11.6 Å². The van der Waals surface area contributed by atoms with Crippen molar-refractivity contribution in [2.75, 3.05) is 11.9 Å². The molecule has 0 aliphatic rings. The third-order valence-corrected chi connectivity index (χ3v) is 3.45. The third-order valence-electron chi connectivity index (χ3n) is 3.20. The van der Waals surface area contributed by atoms with Crippen molar-refractivity contribution < 1.29 is 18.4 Å². The topological polar surface area (TPSA) is 58.2 Å². The standard InChI is InChI=1S/C17H15ClF2N2O2/c18-12-6-4-11(5-7-12)8-9-21-15(23)10-16(24)22-17-13(19)2-1-3-14(17)20/h1-7H,8-10H2,(H,21,23)(H,22,24). The Balaban J connectivity index is 1.77. The number of anilines is 1. The molecule has 2 N–H and O–H groups in total. The van der Waals surface area contributed by atoms with Gasteiger partial charge in [0, 0.05) is 11.6 Å². The second kappa shape index (κ2) is 8.40. The van der Waals surface area contributed by atoms with Crippen molar-refractivity contribution >= 4 is 29.1 Å². The average Bonchev–Trinajstić information content (AvgIpc) is 2.53. The molecule has 2 amide bonds. The lowest BCUT2D eigenvalue weighted by Gasteiger charge is -2.08. The van der Waals surface area contributed by atoms with Crippen molar-refractivity contribution in [3.63, 3.8) is 0 Å². The van der Waals surface area contributed by atoms with E-state index in [1.54, 1.807) is 12.1 Å². The summed E-state index contributed by atoms with van der Waals surface area (Å²) in [5, 5.41) is 5.26. The second-order valence-electron chi connectivity index (χ2n) is 5.05. The van der Waals surface area contributed by atoms with Crippen LogP contribution in [-0.2, 0) is 16.0 Å². The highest BCUT2D eigenvalue weighted by molar-refractivity contribution is 6.30. The molecule has 0 radical (unpaired) electrons. The van der Waals surface area contributed by atoms with Gasteiger partial charge in [0.1, 0.15) is 23.7 Å². The van der Waals surface area contributed by atoms with Crippen molar-refractivity contribution in [1.29, 1.82) is 0 Å². The quantitative estimate of drug-likeness (QED) is 0.784. The number of amides is 2. The second-order valence-corrected chi connectivity index (χ2v) is 5.48. The first-order valence-electron chi connectivity index (χ1n) is 7.20. The highest BCUT2D eigenvalue weighted by atomic mass is 35.5. The minimum absolute atomic E-state index is 0.335. The van der Waals surface area contributed by atoms with E-state index in [1.807, 2.05) is 12.1 Å². The molecule has 0 aliphatic carbocycles. The molecule has 0 unspecified atom stereocenters. The minimum atomic E-state index is -0.897. The Labute approximate surface area is 142 Å². The van der Waals surface area contributed by atoms with Gasteiger partial charge in [0.2, 0.25) is 11.8 Å². The summed E-state index contributed by atoms with van der Waals surface area (Å²) in [6.45, 7) is 0.335. The lowest BCUT2D eigenvalue weighted by Crippen LogP contribution is -2.30. The Morgan fingerprint density at radius 3 is 2.21 bits per heavy atom. The number of para-hydroxylation sites is 1. The van der Waals surface area contributed by atoms with Crippen molar-refractivity contribution in [2.45, 2.75) is 12.8 Å². The fraction of sp³-hybridized carbons (Fsp3) is 0.176. The number of rotatable bonds is 6. The van der Waals surface area contributed by atoms with Crippen molar-refractivity contribution in [1.82, 2.24) is 5.32 Å². The van der Waals surface area contributed by atoms with E-state index < -0.39 is 35.6 Å². The summed E-state index contributed by atoms with van der Waals surface area (Å²) >= 11 is 5.77. The highest BCUT2D eigenvalue weighted by Gasteiger charge is 2.14. The first-order valence-corrected chi connectivity index (χ1v) is 7.58. The van der Waals surface area contributed by atoms with Crippen LogP contribution in [-0.4, -0.2) is 18.4 Å². The molecular formula is C17H15ClF2N2O2. The fourth-order valence-electron chi connectivity index (χ4n) is 2.01. The number of hydrogen-bond donors (Lipinski definition) is 2. The van der Waals surface area contributed by atoms with Crippen LogP contribution in [0.4, 0.5) is 14.5 Å². The predicted octanol–water partition coefficient (Wildman–Crippen LogP) is 3.31. The van der Waals surface area contributed by atoms with Crippen LogP contribution in [0.1, 0.15) is 12.0 Å². The molecule has 0 aliphatic heterocycles. The van der Waals surface area contributed by atoms with Crippen molar-refractivity contribution in [2.24, 2.45) is 0 Å². The van der Waals surface area contributed by atoms with Crippen molar-refractivity contribution in [3.05, 3.63) is 64.7 Å². The van der Waals surface area contributed by atoms with Crippen LogP contribution in [0.25, 0.3) is 0 Å². The van der Waals surface area contributed by atoms with Crippen LogP contribution in [0.2, 0.25) is 5.02 Å². The van der Waals surface area contributed by atoms with Gasteiger partial charge in [0.05, 0.1) is 0 Å². The molecule has 0 fully saturated rings. The Morgan fingerprint density at radius 1 is 0.958 bits per heavy atom. The molecule has 0 heterocycles. The summed E-state index contributed by atoms with van der Waals surface area (Å²) in [6, 6.07) is 10.4. The van der Waals surface area contributed by atoms with E-state index in [0.717, 1.165) is 17.7 Å². The van der Waals surface area contributed by atoms with Gasteiger partial charge in [-0.2, -0.15) is 0 Å². The number of benzene rings is 2. The molecule has 0 saturated carbocycles. The monoisotopic (exact) mass is 352 g/mol. The maximum absolute atomic E-state index is 13.4. The highest BCUT2D eigenvalue weighted by Crippen LogP contribution is 2.18. The summed E-state index contributed by atoms with van der Waals surface area (Å²) in [5.41, 5.74) is 0.425. The van der Waals surface area contributed by atoms with Gasteiger partial charge in [-0.05, 0) is 36.2 Å². The zero-order chi connectivity index (χ0) is 17.5. The van der Waals surface area contributed by atoms with E-state index in [9.17, 15) is 18.4 Å². The van der Waals surface area contributed by atoms with Crippen LogP contribution >= 0.6 is 11.6 Å². The Morgan fingerprint density at radius 2 is 1.58 bits per heavy atom. The van der Waals surface area contributed by atoms with E-state index in [-0.39, 0.29) is 0 Å². The molecule has 0 aromatic heterocycles. The predicted molar refractivity (Wildman–Crippen MR) is 87.8 cm³/mol. The summed E-state index contributed by atoms with van der Waals surface area (Å²) in [4.78, 5) is 23.4. The normalized spacial score (nSPS) is 10.3. The van der Waals surface area contributed by atoms with Crippen LogP contribution in [0, 0.1) is 11.6 Å². The third kappa shape index (κ3) is 5.31. The molecule has 2 aromatic rings. The Hall–Kier alpha value is -2.47. The van der Waals surface area contributed by atoms with Gasteiger partial charge in [0.25, 0.3) is 0 Å². The largest absolute Gasteiger partial charge is 0.355 e. The number of hydrogen-bond acceptors (Lipinski definition) is 2. The first kappa shape index (κ1) is 17.9. The summed E-state index contributed by atoms with van der Waals surface area (Å²) in [7, 11) is 0. The molecule has 0 saturated heterocycles. The maximum atomic E-state index is 13.4. The lowest BCUT2D eigenvalue weighted by atomic mass is 10.1. The molecule has 4 nitrogen and oxygen atoms in total. The van der Waals surface area contributed by atoms with E-state index in [1.165, 1.54) is 6.07 Å². The lowest BCUT2D eigenvalue weighted by molar-refractivity contribution is -0.126. The molecule has 24 heavy (non-hydrogen) atoms. The number of carbonyl (C=O) groups is 2. The summed E-state index contributed by atoms with van der Waals surface area (Å²) in [6.07, 6.45) is 0.0564. The summed E-state index contributed by atoms with van der Waals surface area (Å²) < 4.78 is 26.8. The van der Waals surface area contributed by atoms with Crippen LogP contribution < -0.4 is 10.6 Å². The number of halogens is 3. The Kier molecular flexibility index (Phi) is 6.26. The van der Waals surface area contributed by atoms with E-state index in [0.29, 0.717) is 18.0 Å². The number of carbonyl (C=O) groups excluding carboxylic acids is 2. The number of nitrogens with one attached hydrogen (secondary N) is 2. The molecular weight excluding hydrogens is 338 g/mol.